The zero-order valence-electron chi connectivity index (χ0n) is 7.36. The minimum atomic E-state index is -0.897. The van der Waals surface area contributed by atoms with Crippen LogP contribution in [0.5, 0.6) is 0 Å². The van der Waals surface area contributed by atoms with Crippen LogP contribution in [0.1, 0.15) is 15.2 Å². The van der Waals surface area contributed by atoms with Crippen LogP contribution in [0.25, 0.3) is 10.1 Å². The average molecular weight is 207 g/mol. The van der Waals surface area contributed by atoms with Gasteiger partial charge in [-0.2, -0.15) is 0 Å². The molecule has 0 atom stereocenters. The molecule has 0 amide bonds. The average Bonchev–Trinajstić information content (AvgIpc) is 2.56. The van der Waals surface area contributed by atoms with Crippen molar-refractivity contribution in [3.8, 4) is 0 Å². The molecule has 1 aromatic carbocycles. The molecule has 0 fully saturated rings. The van der Waals surface area contributed by atoms with E-state index in [1.807, 2.05) is 24.3 Å². The summed E-state index contributed by atoms with van der Waals surface area (Å²) in [6.07, 6.45) is 0. The zero-order valence-corrected chi connectivity index (χ0v) is 8.17. The summed E-state index contributed by atoms with van der Waals surface area (Å²) in [5, 5.41) is 9.91. The first kappa shape index (κ1) is 9.18. The smallest absolute Gasteiger partial charge is 0.346 e. The summed E-state index contributed by atoms with van der Waals surface area (Å²) in [5.41, 5.74) is 6.28. The van der Waals surface area contributed by atoms with Gasteiger partial charge in [0.05, 0.1) is 0 Å². The van der Waals surface area contributed by atoms with Crippen LogP contribution < -0.4 is 5.73 Å². The maximum Gasteiger partial charge on any atom is 0.346 e. The lowest BCUT2D eigenvalue weighted by Gasteiger charge is -1.95. The predicted molar refractivity (Wildman–Crippen MR) is 56.7 cm³/mol. The molecule has 72 valence electrons. The molecule has 3 nitrogen and oxygen atoms in total. The summed E-state index contributed by atoms with van der Waals surface area (Å²) < 4.78 is 0.977. The Balaban J connectivity index is 2.78. The fourth-order valence-electron chi connectivity index (χ4n) is 1.47. The second-order valence-electron chi connectivity index (χ2n) is 2.92. The van der Waals surface area contributed by atoms with Gasteiger partial charge in [0.25, 0.3) is 0 Å². The lowest BCUT2D eigenvalue weighted by Crippen LogP contribution is -2.02. The van der Waals surface area contributed by atoms with E-state index in [-0.39, 0.29) is 6.54 Å². The predicted octanol–water partition coefficient (Wildman–Crippen LogP) is 2.06. The highest BCUT2D eigenvalue weighted by atomic mass is 32.1. The summed E-state index contributed by atoms with van der Waals surface area (Å²) in [4.78, 5) is 11.3. The Morgan fingerprint density at radius 3 is 2.79 bits per heavy atom. The van der Waals surface area contributed by atoms with Gasteiger partial charge in [-0.3, -0.25) is 0 Å². The molecule has 0 unspecified atom stereocenters. The van der Waals surface area contributed by atoms with Gasteiger partial charge in [0.2, 0.25) is 0 Å². The Morgan fingerprint density at radius 1 is 1.43 bits per heavy atom. The summed E-state index contributed by atoms with van der Waals surface area (Å²) in [5.74, 6) is -0.897. The van der Waals surface area contributed by atoms with E-state index in [0.717, 1.165) is 15.6 Å². The molecule has 1 heterocycles. The molecule has 0 saturated heterocycles. The summed E-state index contributed by atoms with van der Waals surface area (Å²) in [6, 6.07) is 7.59. The van der Waals surface area contributed by atoms with Gasteiger partial charge in [-0.05, 0) is 17.0 Å². The molecule has 2 rings (SSSR count). The van der Waals surface area contributed by atoms with Crippen LogP contribution in [0.3, 0.4) is 0 Å². The Labute approximate surface area is 84.8 Å². The van der Waals surface area contributed by atoms with Crippen molar-refractivity contribution in [1.82, 2.24) is 0 Å². The minimum Gasteiger partial charge on any atom is -0.477 e. The van der Waals surface area contributed by atoms with Crippen molar-refractivity contribution in [2.75, 3.05) is 0 Å². The topological polar surface area (TPSA) is 63.3 Å². The van der Waals surface area contributed by atoms with Gasteiger partial charge >= 0.3 is 5.97 Å². The Morgan fingerprint density at radius 2 is 2.14 bits per heavy atom. The van der Waals surface area contributed by atoms with Gasteiger partial charge in [-0.15, -0.1) is 11.3 Å². The summed E-state index contributed by atoms with van der Waals surface area (Å²) in [6.45, 7) is 0.269. The lowest BCUT2D eigenvalue weighted by atomic mass is 10.1. The van der Waals surface area contributed by atoms with Crippen molar-refractivity contribution in [3.63, 3.8) is 0 Å². The maximum atomic E-state index is 10.9. The highest BCUT2D eigenvalue weighted by molar-refractivity contribution is 7.21. The number of aromatic carboxylic acids is 1. The van der Waals surface area contributed by atoms with E-state index in [0.29, 0.717) is 4.88 Å². The molecule has 14 heavy (non-hydrogen) atoms. The van der Waals surface area contributed by atoms with Crippen LogP contribution in [-0.2, 0) is 6.54 Å². The van der Waals surface area contributed by atoms with Gasteiger partial charge in [0.15, 0.2) is 0 Å². The second-order valence-corrected chi connectivity index (χ2v) is 3.97. The highest BCUT2D eigenvalue weighted by Gasteiger charge is 2.15. The van der Waals surface area contributed by atoms with E-state index in [2.05, 4.69) is 0 Å². The minimum absolute atomic E-state index is 0.269. The molecule has 0 spiro atoms. The van der Waals surface area contributed by atoms with Gasteiger partial charge < -0.3 is 10.8 Å². The Hall–Kier alpha value is -1.39. The third-order valence-corrected chi connectivity index (χ3v) is 3.30. The van der Waals surface area contributed by atoms with Gasteiger partial charge in [0.1, 0.15) is 4.88 Å². The van der Waals surface area contributed by atoms with Crippen LogP contribution in [0, 0.1) is 0 Å². The van der Waals surface area contributed by atoms with Crippen molar-refractivity contribution < 1.29 is 9.90 Å². The van der Waals surface area contributed by atoms with E-state index in [1.54, 1.807) is 0 Å². The number of hydrogen-bond donors (Lipinski definition) is 2. The maximum absolute atomic E-state index is 10.9. The van der Waals surface area contributed by atoms with E-state index >= 15 is 0 Å². The molecule has 0 aliphatic carbocycles. The molecule has 2 aromatic rings. The number of carboxylic acid groups (broad SMARTS) is 1. The quantitative estimate of drug-likeness (QED) is 0.792. The number of carboxylic acids is 1. The lowest BCUT2D eigenvalue weighted by molar-refractivity contribution is 0.0701. The molecule has 0 saturated carbocycles. The molecule has 0 aliphatic rings. The number of rotatable bonds is 2. The zero-order chi connectivity index (χ0) is 10.1. The molecule has 4 heteroatoms. The molecule has 1 aromatic heterocycles. The van der Waals surface area contributed by atoms with Crippen molar-refractivity contribution in [2.45, 2.75) is 6.54 Å². The van der Waals surface area contributed by atoms with Crippen LogP contribution in [-0.4, -0.2) is 11.1 Å². The second kappa shape index (κ2) is 3.40. The van der Waals surface area contributed by atoms with E-state index in [9.17, 15) is 4.79 Å². The van der Waals surface area contributed by atoms with E-state index in [1.165, 1.54) is 11.3 Å². The third kappa shape index (κ3) is 1.29. The van der Waals surface area contributed by atoms with Crippen LogP contribution in [0.2, 0.25) is 0 Å². The van der Waals surface area contributed by atoms with Crippen molar-refractivity contribution >= 4 is 27.4 Å². The van der Waals surface area contributed by atoms with Gasteiger partial charge in [-0.25, -0.2) is 4.79 Å². The Bertz CT molecular complexity index is 490. The SMILES string of the molecule is NCc1c(C(=O)O)sc2ccccc12. The van der Waals surface area contributed by atoms with E-state index in [4.69, 9.17) is 10.8 Å². The molecule has 3 N–H and O–H groups in total. The number of fused-ring (bicyclic) bond motifs is 1. The number of benzene rings is 1. The standard InChI is InChI=1S/C10H9NO2S/c11-5-7-6-3-1-2-4-8(6)14-9(7)10(12)13/h1-4H,5,11H2,(H,12,13). The first-order valence-corrected chi connectivity index (χ1v) is 4.99. The van der Waals surface area contributed by atoms with Crippen molar-refractivity contribution in [3.05, 3.63) is 34.7 Å². The van der Waals surface area contributed by atoms with Crippen LogP contribution in [0.15, 0.2) is 24.3 Å². The molecular weight excluding hydrogens is 198 g/mol. The van der Waals surface area contributed by atoms with Crippen molar-refractivity contribution in [1.29, 1.82) is 0 Å². The Kier molecular flexibility index (Phi) is 2.23. The number of hydrogen-bond acceptors (Lipinski definition) is 3. The molecule has 0 radical (unpaired) electrons. The largest absolute Gasteiger partial charge is 0.477 e. The third-order valence-electron chi connectivity index (χ3n) is 2.10. The molecular formula is C10H9NO2S. The van der Waals surface area contributed by atoms with E-state index < -0.39 is 5.97 Å². The van der Waals surface area contributed by atoms with Crippen molar-refractivity contribution in [2.24, 2.45) is 5.73 Å². The summed E-state index contributed by atoms with van der Waals surface area (Å²) >= 11 is 1.28. The summed E-state index contributed by atoms with van der Waals surface area (Å²) in [7, 11) is 0. The van der Waals surface area contributed by atoms with Gasteiger partial charge in [0, 0.05) is 11.2 Å². The monoisotopic (exact) mass is 207 g/mol. The normalized spacial score (nSPS) is 10.6. The van der Waals surface area contributed by atoms with Crippen LogP contribution in [0.4, 0.5) is 0 Å². The fraction of sp³-hybridized carbons (Fsp3) is 0.100. The number of carbonyl (C=O) groups is 1. The molecule has 0 bridgehead atoms. The van der Waals surface area contributed by atoms with Gasteiger partial charge in [-0.1, -0.05) is 18.2 Å². The first-order chi connectivity index (χ1) is 6.74. The molecule has 0 aliphatic heterocycles. The fourth-order valence-corrected chi connectivity index (χ4v) is 2.55. The highest BCUT2D eigenvalue weighted by Crippen LogP contribution is 2.30. The number of thiophene rings is 1. The number of nitrogens with two attached hydrogens (primary N) is 1. The van der Waals surface area contributed by atoms with Crippen LogP contribution >= 0.6 is 11.3 Å². The first-order valence-electron chi connectivity index (χ1n) is 4.18.